The molecule has 208 valence electrons. The van der Waals surface area contributed by atoms with Gasteiger partial charge >= 0.3 is 5.97 Å². The van der Waals surface area contributed by atoms with Crippen molar-refractivity contribution in [2.45, 2.75) is 33.0 Å². The van der Waals surface area contributed by atoms with E-state index in [2.05, 4.69) is 15.3 Å². The van der Waals surface area contributed by atoms with Crippen LogP contribution in [-0.2, 0) is 32.1 Å². The molecule has 2 aromatic carbocycles. The predicted octanol–water partition coefficient (Wildman–Crippen LogP) is 2.84. The maximum absolute atomic E-state index is 13.4. The molecule has 1 aliphatic heterocycles. The molecule has 2 heterocycles. The first kappa shape index (κ1) is 28.1. The summed E-state index contributed by atoms with van der Waals surface area (Å²) < 4.78 is 39.2. The maximum Gasteiger partial charge on any atom is 0.337 e. The van der Waals surface area contributed by atoms with Gasteiger partial charge in [0.1, 0.15) is 30.3 Å². The van der Waals surface area contributed by atoms with Crippen LogP contribution < -0.4 is 15.0 Å². The Bertz CT molecular complexity index is 1450. The van der Waals surface area contributed by atoms with Gasteiger partial charge in [0.25, 0.3) is 16.0 Å². The Balaban J connectivity index is 1.44. The minimum atomic E-state index is -3.51. The fraction of sp³-hybridized carbons (Fsp3) is 0.370. The van der Waals surface area contributed by atoms with Crippen molar-refractivity contribution in [1.82, 2.24) is 15.1 Å². The van der Waals surface area contributed by atoms with Gasteiger partial charge in [-0.15, -0.1) is 0 Å². The van der Waals surface area contributed by atoms with Gasteiger partial charge in [-0.2, -0.15) is 13.5 Å². The number of aryl methyl sites for hydroxylation is 1. The minimum absolute atomic E-state index is 0.0695. The highest BCUT2D eigenvalue weighted by Crippen LogP contribution is 2.31. The van der Waals surface area contributed by atoms with E-state index in [4.69, 9.17) is 13.7 Å². The van der Waals surface area contributed by atoms with Gasteiger partial charge in [0.05, 0.1) is 37.2 Å². The molecule has 0 saturated carbocycles. The molecule has 1 aromatic heterocycles. The maximum atomic E-state index is 13.4. The molecule has 1 amide bonds. The van der Waals surface area contributed by atoms with Crippen molar-refractivity contribution in [3.05, 3.63) is 76.5 Å². The molecule has 0 unspecified atom stereocenters. The number of methoxy groups -OCH3 is 1. The molecule has 4 rings (SSSR count). The number of ether oxygens (including phenoxy) is 2. The van der Waals surface area contributed by atoms with Crippen LogP contribution in [0.25, 0.3) is 0 Å². The average molecular weight is 557 g/mol. The lowest BCUT2D eigenvalue weighted by Crippen LogP contribution is -2.29. The SMILES string of the molecule is COC(=O)c1ccc([C@H](C)NC(=O)c2c(C)nn3c2N(Cc2cccc(OCCOS(C)(=O)=O)c2)CC3)cc1. The third-order valence-electron chi connectivity index (χ3n) is 6.31. The third kappa shape index (κ3) is 6.95. The van der Waals surface area contributed by atoms with Crippen molar-refractivity contribution >= 4 is 27.8 Å². The number of esters is 1. The average Bonchev–Trinajstić information content (AvgIpc) is 3.43. The van der Waals surface area contributed by atoms with E-state index in [1.165, 1.54) is 7.11 Å². The summed E-state index contributed by atoms with van der Waals surface area (Å²) in [5, 5.41) is 7.64. The van der Waals surface area contributed by atoms with E-state index in [1.807, 2.05) is 36.7 Å². The molecule has 39 heavy (non-hydrogen) atoms. The second kappa shape index (κ2) is 11.9. The van der Waals surface area contributed by atoms with Crippen LogP contribution in [0.5, 0.6) is 5.75 Å². The molecule has 11 nitrogen and oxygen atoms in total. The van der Waals surface area contributed by atoms with Crippen LogP contribution in [0.15, 0.2) is 48.5 Å². The summed E-state index contributed by atoms with van der Waals surface area (Å²) in [5.74, 6) is 0.709. The number of carbonyl (C=O) groups is 2. The first-order valence-electron chi connectivity index (χ1n) is 12.4. The van der Waals surface area contributed by atoms with E-state index in [9.17, 15) is 18.0 Å². The number of hydrogen-bond acceptors (Lipinski definition) is 9. The first-order valence-corrected chi connectivity index (χ1v) is 14.2. The molecular formula is C27H32N4O7S. The van der Waals surface area contributed by atoms with Gasteiger partial charge in [0.15, 0.2) is 0 Å². The van der Waals surface area contributed by atoms with E-state index in [-0.39, 0.29) is 25.2 Å². The highest BCUT2D eigenvalue weighted by atomic mass is 32.2. The first-order chi connectivity index (χ1) is 18.6. The van der Waals surface area contributed by atoms with Gasteiger partial charge < -0.3 is 19.7 Å². The van der Waals surface area contributed by atoms with Crippen LogP contribution in [0, 0.1) is 6.92 Å². The van der Waals surface area contributed by atoms with Crippen molar-refractivity contribution < 1.29 is 31.7 Å². The molecule has 0 spiro atoms. The number of amides is 1. The van der Waals surface area contributed by atoms with Crippen LogP contribution in [0.2, 0.25) is 0 Å². The number of hydrogen-bond donors (Lipinski definition) is 1. The monoisotopic (exact) mass is 556 g/mol. The number of nitrogens with one attached hydrogen (secondary N) is 1. The molecule has 0 saturated heterocycles. The fourth-order valence-corrected chi connectivity index (χ4v) is 4.84. The zero-order valence-corrected chi connectivity index (χ0v) is 23.2. The number of nitrogens with zero attached hydrogens (tertiary/aromatic N) is 3. The Morgan fingerprint density at radius 3 is 2.54 bits per heavy atom. The van der Waals surface area contributed by atoms with Gasteiger partial charge in [0.2, 0.25) is 0 Å². The van der Waals surface area contributed by atoms with Crippen LogP contribution in [0.3, 0.4) is 0 Å². The Morgan fingerprint density at radius 1 is 1.10 bits per heavy atom. The third-order valence-corrected chi connectivity index (χ3v) is 6.90. The highest BCUT2D eigenvalue weighted by molar-refractivity contribution is 7.85. The molecule has 1 aliphatic rings. The van der Waals surface area contributed by atoms with E-state index < -0.39 is 16.1 Å². The molecule has 0 aliphatic carbocycles. The van der Waals surface area contributed by atoms with Crippen LogP contribution in [0.4, 0.5) is 5.82 Å². The lowest BCUT2D eigenvalue weighted by molar-refractivity contribution is 0.0600. The minimum Gasteiger partial charge on any atom is -0.491 e. The van der Waals surface area contributed by atoms with E-state index in [0.717, 1.165) is 23.2 Å². The Morgan fingerprint density at radius 2 is 1.85 bits per heavy atom. The summed E-state index contributed by atoms with van der Waals surface area (Å²) in [6, 6.07) is 14.1. The molecule has 1 N–H and O–H groups in total. The fourth-order valence-electron chi connectivity index (χ4n) is 4.46. The zero-order chi connectivity index (χ0) is 28.2. The van der Waals surface area contributed by atoms with Gasteiger partial charge in [-0.05, 0) is 49.2 Å². The zero-order valence-electron chi connectivity index (χ0n) is 22.3. The lowest BCUT2D eigenvalue weighted by atomic mass is 10.1. The van der Waals surface area contributed by atoms with Crippen LogP contribution >= 0.6 is 0 Å². The normalized spacial score (nSPS) is 13.6. The Hall–Kier alpha value is -3.90. The topological polar surface area (TPSA) is 129 Å². The number of anilines is 1. The van der Waals surface area contributed by atoms with E-state index >= 15 is 0 Å². The molecule has 0 fully saturated rings. The van der Waals surface area contributed by atoms with E-state index in [0.29, 0.717) is 42.2 Å². The lowest BCUT2D eigenvalue weighted by Gasteiger charge is -2.21. The summed E-state index contributed by atoms with van der Waals surface area (Å²) >= 11 is 0. The van der Waals surface area contributed by atoms with Crippen molar-refractivity contribution in [3.8, 4) is 5.75 Å². The second-order valence-corrected chi connectivity index (χ2v) is 10.9. The number of rotatable bonds is 11. The van der Waals surface area contributed by atoms with Gasteiger partial charge in [0, 0.05) is 13.1 Å². The summed E-state index contributed by atoms with van der Waals surface area (Å²) in [7, 11) is -2.18. The summed E-state index contributed by atoms with van der Waals surface area (Å²) in [6.45, 7) is 5.62. The molecule has 1 atom stereocenters. The van der Waals surface area contributed by atoms with Crippen molar-refractivity contribution in [3.63, 3.8) is 0 Å². The quantitative estimate of drug-likeness (QED) is 0.215. The summed E-state index contributed by atoms with van der Waals surface area (Å²) in [6.07, 6.45) is 0.995. The molecule has 3 aromatic rings. The molecular weight excluding hydrogens is 524 g/mol. The smallest absolute Gasteiger partial charge is 0.337 e. The Kier molecular flexibility index (Phi) is 8.56. The second-order valence-electron chi connectivity index (χ2n) is 9.26. The molecule has 12 heteroatoms. The standard InChI is InChI=1S/C27H32N4O7S/c1-18(21-8-10-22(11-9-21)27(33)36-3)28-25(32)24-19(2)29-31-13-12-30(26(24)31)17-20-6-5-7-23(16-20)37-14-15-38-39(4,34)35/h5-11,16,18H,12-15,17H2,1-4H3,(H,28,32)/t18-/m0/s1. The Labute approximate surface area is 227 Å². The largest absolute Gasteiger partial charge is 0.491 e. The predicted molar refractivity (Wildman–Crippen MR) is 144 cm³/mol. The van der Waals surface area contributed by atoms with Gasteiger partial charge in [-0.25, -0.2) is 9.48 Å². The van der Waals surface area contributed by atoms with Crippen LogP contribution in [0.1, 0.15) is 50.5 Å². The summed E-state index contributed by atoms with van der Waals surface area (Å²) in [5.41, 5.74) is 3.43. The van der Waals surface area contributed by atoms with Crippen molar-refractivity contribution in [2.24, 2.45) is 0 Å². The molecule has 0 bridgehead atoms. The number of carbonyl (C=O) groups excluding carboxylic acids is 2. The summed E-state index contributed by atoms with van der Waals surface area (Å²) in [4.78, 5) is 27.2. The van der Waals surface area contributed by atoms with E-state index in [1.54, 1.807) is 30.3 Å². The molecule has 0 radical (unpaired) electrons. The highest BCUT2D eigenvalue weighted by Gasteiger charge is 2.30. The number of fused-ring (bicyclic) bond motifs is 1. The van der Waals surface area contributed by atoms with Crippen LogP contribution in [-0.4, -0.2) is 63.2 Å². The van der Waals surface area contributed by atoms with Gasteiger partial charge in [-0.3, -0.25) is 8.98 Å². The van der Waals surface area contributed by atoms with Crippen molar-refractivity contribution in [1.29, 1.82) is 0 Å². The van der Waals surface area contributed by atoms with Gasteiger partial charge in [-0.1, -0.05) is 24.3 Å². The number of benzene rings is 2. The number of aromatic nitrogens is 2. The van der Waals surface area contributed by atoms with Crippen molar-refractivity contribution in [2.75, 3.05) is 38.0 Å².